The highest BCUT2D eigenvalue weighted by atomic mass is 79.9. The predicted octanol–water partition coefficient (Wildman–Crippen LogP) is 4.47. The first-order valence-electron chi connectivity index (χ1n) is 5.10. The molecule has 3 nitrogen and oxygen atoms in total. The van der Waals surface area contributed by atoms with Gasteiger partial charge in [0.25, 0.3) is 0 Å². The van der Waals surface area contributed by atoms with E-state index in [4.69, 9.17) is 21.6 Å². The summed E-state index contributed by atoms with van der Waals surface area (Å²) in [6.45, 7) is 1.98. The van der Waals surface area contributed by atoms with E-state index in [9.17, 15) is 0 Å². The maximum absolute atomic E-state index is 8.87. The van der Waals surface area contributed by atoms with Crippen LogP contribution in [0.2, 0.25) is 5.02 Å². The van der Waals surface area contributed by atoms with Crippen LogP contribution >= 0.6 is 27.5 Å². The van der Waals surface area contributed by atoms with Crippen LogP contribution in [0.3, 0.4) is 0 Å². The number of ether oxygens (including phenoxy) is 1. The zero-order valence-electron chi connectivity index (χ0n) is 9.45. The van der Waals surface area contributed by atoms with Gasteiger partial charge in [-0.2, -0.15) is 5.26 Å². The van der Waals surface area contributed by atoms with Gasteiger partial charge in [-0.25, -0.2) is 4.98 Å². The number of aromatic nitrogens is 1. The van der Waals surface area contributed by atoms with Gasteiger partial charge in [-0.1, -0.05) is 17.7 Å². The number of benzene rings is 1. The maximum atomic E-state index is 8.87. The average molecular weight is 324 g/mol. The highest BCUT2D eigenvalue weighted by Crippen LogP contribution is 2.33. The highest BCUT2D eigenvalue weighted by molar-refractivity contribution is 9.10. The van der Waals surface area contributed by atoms with Crippen LogP contribution in [0.4, 0.5) is 0 Å². The van der Waals surface area contributed by atoms with Crippen molar-refractivity contribution >= 4 is 27.5 Å². The van der Waals surface area contributed by atoms with Crippen LogP contribution in [0.25, 0.3) is 0 Å². The molecule has 0 atom stereocenters. The number of hydrogen-bond acceptors (Lipinski definition) is 3. The number of nitriles is 1. The van der Waals surface area contributed by atoms with Gasteiger partial charge < -0.3 is 4.74 Å². The molecule has 0 aliphatic rings. The minimum Gasteiger partial charge on any atom is -0.436 e. The smallest absolute Gasteiger partial charge is 0.239 e. The third kappa shape index (κ3) is 2.63. The molecule has 0 saturated carbocycles. The Morgan fingerprint density at radius 2 is 2.17 bits per heavy atom. The van der Waals surface area contributed by atoms with Crippen molar-refractivity contribution in [2.24, 2.45) is 0 Å². The molecule has 0 radical (unpaired) electrons. The van der Waals surface area contributed by atoms with Crippen LogP contribution in [-0.4, -0.2) is 4.98 Å². The average Bonchev–Trinajstić information content (AvgIpc) is 2.35. The molecule has 0 aliphatic carbocycles. The van der Waals surface area contributed by atoms with Crippen molar-refractivity contribution in [3.63, 3.8) is 0 Å². The summed E-state index contributed by atoms with van der Waals surface area (Å²) in [5.41, 5.74) is 1.45. The van der Waals surface area contributed by atoms with Gasteiger partial charge in [0.1, 0.15) is 16.8 Å². The van der Waals surface area contributed by atoms with Crippen molar-refractivity contribution in [1.82, 2.24) is 4.98 Å². The molecule has 0 spiro atoms. The van der Waals surface area contributed by atoms with Crippen molar-refractivity contribution in [2.45, 2.75) is 6.92 Å². The zero-order chi connectivity index (χ0) is 13.1. The fourth-order valence-corrected chi connectivity index (χ4v) is 2.14. The van der Waals surface area contributed by atoms with E-state index in [1.807, 2.05) is 31.2 Å². The second-order valence-corrected chi connectivity index (χ2v) is 4.86. The van der Waals surface area contributed by atoms with Gasteiger partial charge in [0.05, 0.1) is 10.0 Å². The van der Waals surface area contributed by atoms with Crippen LogP contribution in [0, 0.1) is 18.3 Å². The Kier molecular flexibility index (Phi) is 3.85. The van der Waals surface area contributed by atoms with E-state index in [1.165, 1.54) is 6.20 Å². The summed E-state index contributed by atoms with van der Waals surface area (Å²) in [7, 11) is 0. The summed E-state index contributed by atoms with van der Waals surface area (Å²) in [4.78, 5) is 4.02. The molecule has 0 fully saturated rings. The molecule has 18 heavy (non-hydrogen) atoms. The third-order valence-electron chi connectivity index (χ3n) is 2.27. The first kappa shape index (κ1) is 12.9. The van der Waals surface area contributed by atoms with Crippen molar-refractivity contribution in [3.8, 4) is 17.7 Å². The van der Waals surface area contributed by atoms with Crippen LogP contribution in [0.15, 0.2) is 34.9 Å². The lowest BCUT2D eigenvalue weighted by Gasteiger charge is -2.09. The van der Waals surface area contributed by atoms with Gasteiger partial charge in [0.2, 0.25) is 5.88 Å². The van der Waals surface area contributed by atoms with E-state index in [2.05, 4.69) is 20.9 Å². The molecule has 1 aromatic heterocycles. The van der Waals surface area contributed by atoms with Crippen molar-refractivity contribution in [3.05, 3.63) is 51.1 Å². The normalized spacial score (nSPS) is 9.89. The highest BCUT2D eigenvalue weighted by Gasteiger charge is 2.11. The lowest BCUT2D eigenvalue weighted by molar-refractivity contribution is 0.460. The first-order valence-corrected chi connectivity index (χ1v) is 6.27. The Bertz CT molecular complexity index is 637. The molecule has 0 aliphatic heterocycles. The largest absolute Gasteiger partial charge is 0.436 e. The molecule has 1 heterocycles. The summed E-state index contributed by atoms with van der Waals surface area (Å²) in [5.74, 6) is 0.824. The predicted molar refractivity (Wildman–Crippen MR) is 72.9 cm³/mol. The minimum absolute atomic E-state index is 0.215. The number of pyridine rings is 1. The van der Waals surface area contributed by atoms with Gasteiger partial charge in [-0.15, -0.1) is 0 Å². The molecule has 0 saturated heterocycles. The molecule has 1 aromatic carbocycles. The minimum atomic E-state index is 0.215. The summed E-state index contributed by atoms with van der Waals surface area (Å²) in [6.07, 6.45) is 1.49. The zero-order valence-corrected chi connectivity index (χ0v) is 11.8. The molecule has 2 rings (SSSR count). The number of halogens is 2. The molecular weight excluding hydrogens is 316 g/mol. The molecule has 0 amide bonds. The maximum Gasteiger partial charge on any atom is 0.239 e. The van der Waals surface area contributed by atoms with Crippen LogP contribution in [0.1, 0.15) is 11.1 Å². The van der Waals surface area contributed by atoms with Crippen molar-refractivity contribution < 1.29 is 4.74 Å². The number of aryl methyl sites for hydroxylation is 1. The summed E-state index contributed by atoms with van der Waals surface area (Å²) in [6, 6.07) is 9.19. The fourth-order valence-electron chi connectivity index (χ4n) is 1.37. The SMILES string of the molecule is Cc1ccc(Oc2nccc(C#N)c2Cl)c(Br)c1. The first-order chi connectivity index (χ1) is 8.61. The van der Waals surface area contributed by atoms with Gasteiger partial charge in [-0.05, 0) is 46.6 Å². The van der Waals surface area contributed by atoms with Gasteiger partial charge in [0.15, 0.2) is 0 Å². The Balaban J connectivity index is 2.38. The molecule has 2 aromatic rings. The number of hydrogen-bond donors (Lipinski definition) is 0. The molecular formula is C13H8BrClN2O. The van der Waals surface area contributed by atoms with E-state index >= 15 is 0 Å². The second kappa shape index (κ2) is 5.38. The topological polar surface area (TPSA) is 45.9 Å². The molecule has 90 valence electrons. The monoisotopic (exact) mass is 322 g/mol. The fraction of sp³-hybridized carbons (Fsp3) is 0.0769. The molecule has 0 N–H and O–H groups in total. The van der Waals surface area contributed by atoms with Crippen molar-refractivity contribution in [2.75, 3.05) is 0 Å². The summed E-state index contributed by atoms with van der Waals surface area (Å²) in [5, 5.41) is 9.09. The standard InChI is InChI=1S/C13H8BrClN2O/c1-8-2-3-11(10(14)6-8)18-13-12(15)9(7-16)4-5-17-13/h2-6H,1H3. The van der Waals surface area contributed by atoms with E-state index < -0.39 is 0 Å². The van der Waals surface area contributed by atoms with Crippen LogP contribution in [-0.2, 0) is 0 Å². The Hall–Kier alpha value is -1.57. The van der Waals surface area contributed by atoms with Crippen LogP contribution < -0.4 is 4.74 Å². The Morgan fingerprint density at radius 1 is 1.39 bits per heavy atom. The lowest BCUT2D eigenvalue weighted by atomic mass is 10.2. The quantitative estimate of drug-likeness (QED) is 0.819. The van der Waals surface area contributed by atoms with E-state index in [1.54, 1.807) is 6.07 Å². The van der Waals surface area contributed by atoms with E-state index in [0.717, 1.165) is 10.0 Å². The third-order valence-corrected chi connectivity index (χ3v) is 3.26. The van der Waals surface area contributed by atoms with E-state index in [0.29, 0.717) is 11.3 Å². The summed E-state index contributed by atoms with van der Waals surface area (Å²) >= 11 is 9.42. The van der Waals surface area contributed by atoms with Crippen LogP contribution in [0.5, 0.6) is 11.6 Å². The van der Waals surface area contributed by atoms with Gasteiger partial charge in [-0.3, -0.25) is 0 Å². The summed E-state index contributed by atoms with van der Waals surface area (Å²) < 4.78 is 6.40. The lowest BCUT2D eigenvalue weighted by Crippen LogP contribution is -1.92. The van der Waals surface area contributed by atoms with Crippen molar-refractivity contribution in [1.29, 1.82) is 5.26 Å². The van der Waals surface area contributed by atoms with Gasteiger partial charge in [0, 0.05) is 6.20 Å². The molecule has 0 bridgehead atoms. The Labute approximate surface area is 118 Å². The number of nitrogens with zero attached hydrogens (tertiary/aromatic N) is 2. The number of rotatable bonds is 2. The Morgan fingerprint density at radius 3 is 2.83 bits per heavy atom. The van der Waals surface area contributed by atoms with Gasteiger partial charge >= 0.3 is 0 Å². The molecule has 0 unspecified atom stereocenters. The van der Waals surface area contributed by atoms with E-state index in [-0.39, 0.29) is 10.9 Å². The second-order valence-electron chi connectivity index (χ2n) is 3.63. The molecule has 5 heteroatoms.